The van der Waals surface area contributed by atoms with E-state index in [1.54, 1.807) is 25.1 Å². The number of carbonyl (C=O) groups excluding carboxylic acids is 2. The molecule has 1 aromatic rings. The highest BCUT2D eigenvalue weighted by Crippen LogP contribution is 2.29. The molecule has 1 aromatic carbocycles. The maximum absolute atomic E-state index is 12.5. The van der Waals surface area contributed by atoms with Crippen molar-refractivity contribution in [1.82, 2.24) is 15.1 Å². The summed E-state index contributed by atoms with van der Waals surface area (Å²) in [6.45, 7) is 1.95. The van der Waals surface area contributed by atoms with E-state index in [-0.39, 0.29) is 42.7 Å². The number of likely N-dealkylation sites (N-methyl/N-ethyl adjacent to an activating group) is 1. The van der Waals surface area contributed by atoms with Gasteiger partial charge in [0.15, 0.2) is 0 Å². The molecule has 10 heteroatoms. The van der Waals surface area contributed by atoms with E-state index in [1.165, 1.54) is 13.2 Å². The number of nitrogens with one attached hydrogen (secondary N) is 1. The van der Waals surface area contributed by atoms with Gasteiger partial charge in [0, 0.05) is 39.3 Å². The molecule has 0 saturated carbocycles. The van der Waals surface area contributed by atoms with Crippen molar-refractivity contribution in [2.45, 2.75) is 18.9 Å². The number of amides is 2. The zero-order chi connectivity index (χ0) is 18.6. The minimum absolute atomic E-state index is 0. The van der Waals surface area contributed by atoms with Crippen molar-refractivity contribution in [3.8, 4) is 5.75 Å². The van der Waals surface area contributed by atoms with Crippen LogP contribution in [0, 0.1) is 0 Å². The lowest BCUT2D eigenvalue weighted by molar-refractivity contribution is -0.130. The molecule has 0 bridgehead atoms. The van der Waals surface area contributed by atoms with Crippen molar-refractivity contribution in [2.24, 2.45) is 0 Å². The fourth-order valence-electron chi connectivity index (χ4n) is 2.75. The van der Waals surface area contributed by atoms with Gasteiger partial charge in [-0.05, 0) is 18.9 Å². The molecule has 2 rings (SSSR count). The molecule has 0 unspecified atom stereocenters. The van der Waals surface area contributed by atoms with Gasteiger partial charge in [-0.15, -0.1) is 24.8 Å². The van der Waals surface area contributed by atoms with Crippen molar-refractivity contribution in [3.63, 3.8) is 0 Å². The summed E-state index contributed by atoms with van der Waals surface area (Å²) in [5.41, 5.74) is 6.48. The zero-order valence-electron chi connectivity index (χ0n) is 15.7. The second-order valence-corrected chi connectivity index (χ2v) is 6.79. The molecule has 0 atom stereocenters. The van der Waals surface area contributed by atoms with Crippen LogP contribution >= 0.6 is 36.4 Å². The average Bonchev–Trinajstić information content (AvgIpc) is 2.58. The molecule has 0 aliphatic carbocycles. The number of methoxy groups -OCH3 is 1. The van der Waals surface area contributed by atoms with Gasteiger partial charge in [-0.3, -0.25) is 14.5 Å². The smallest absolute Gasteiger partial charge is 0.255 e. The Balaban J connectivity index is 0.00000338. The van der Waals surface area contributed by atoms with Gasteiger partial charge in [0.25, 0.3) is 5.91 Å². The number of hydrogen-bond acceptors (Lipinski definition) is 5. The molecule has 154 valence electrons. The second-order valence-electron chi connectivity index (χ2n) is 6.39. The summed E-state index contributed by atoms with van der Waals surface area (Å²) in [4.78, 5) is 28.0. The fourth-order valence-corrected chi connectivity index (χ4v) is 2.91. The van der Waals surface area contributed by atoms with Crippen LogP contribution in [0.1, 0.15) is 23.2 Å². The Labute approximate surface area is 177 Å². The van der Waals surface area contributed by atoms with E-state index in [0.717, 1.165) is 25.9 Å². The van der Waals surface area contributed by atoms with Gasteiger partial charge in [0.2, 0.25) is 5.91 Å². The van der Waals surface area contributed by atoms with Crippen LogP contribution in [0.15, 0.2) is 12.1 Å². The van der Waals surface area contributed by atoms with Crippen LogP contribution in [0.2, 0.25) is 5.02 Å². The number of carbonyl (C=O) groups is 2. The van der Waals surface area contributed by atoms with Gasteiger partial charge < -0.3 is 20.7 Å². The predicted molar refractivity (Wildman–Crippen MR) is 113 cm³/mol. The summed E-state index contributed by atoms with van der Waals surface area (Å²) < 4.78 is 5.22. The molecule has 3 N–H and O–H groups in total. The third kappa shape index (κ3) is 6.92. The minimum Gasteiger partial charge on any atom is -0.496 e. The highest BCUT2D eigenvalue weighted by atomic mass is 35.5. The first-order valence-electron chi connectivity index (χ1n) is 8.18. The SMILES string of the molecule is COc1cc(N)c(Cl)cc1C(=O)NC1CCN(CC(=O)N(C)C)CC1.Cl.Cl. The van der Waals surface area contributed by atoms with Crippen LogP contribution in [0.4, 0.5) is 5.69 Å². The number of hydrogen-bond donors (Lipinski definition) is 2. The number of likely N-dealkylation sites (tertiary alicyclic amines) is 1. The van der Waals surface area contributed by atoms with Gasteiger partial charge in [0.1, 0.15) is 5.75 Å². The molecular formula is C17H27Cl3N4O3. The number of anilines is 1. The van der Waals surface area contributed by atoms with Gasteiger partial charge in [0.05, 0.1) is 29.9 Å². The van der Waals surface area contributed by atoms with E-state index >= 15 is 0 Å². The van der Waals surface area contributed by atoms with Crippen molar-refractivity contribution in [3.05, 3.63) is 22.7 Å². The lowest BCUT2D eigenvalue weighted by Gasteiger charge is -2.32. The Morgan fingerprint density at radius 3 is 2.41 bits per heavy atom. The molecular weight excluding hydrogens is 415 g/mol. The lowest BCUT2D eigenvalue weighted by atomic mass is 10.0. The van der Waals surface area contributed by atoms with Gasteiger partial charge in [-0.2, -0.15) is 0 Å². The highest BCUT2D eigenvalue weighted by Gasteiger charge is 2.24. The average molecular weight is 442 g/mol. The molecule has 0 spiro atoms. The Bertz CT molecular complexity index is 651. The first-order valence-corrected chi connectivity index (χ1v) is 8.56. The summed E-state index contributed by atoms with van der Waals surface area (Å²) in [7, 11) is 4.99. The molecule has 1 aliphatic rings. The highest BCUT2D eigenvalue weighted by molar-refractivity contribution is 6.33. The number of rotatable bonds is 5. The maximum Gasteiger partial charge on any atom is 0.255 e. The summed E-state index contributed by atoms with van der Waals surface area (Å²) in [6.07, 6.45) is 1.58. The number of nitrogen functional groups attached to an aromatic ring is 1. The summed E-state index contributed by atoms with van der Waals surface area (Å²) in [5.74, 6) is 0.249. The third-order valence-corrected chi connectivity index (χ3v) is 4.67. The van der Waals surface area contributed by atoms with Gasteiger partial charge in [-0.25, -0.2) is 0 Å². The molecule has 0 aromatic heterocycles. The Hall–Kier alpha value is -1.41. The van der Waals surface area contributed by atoms with Crippen LogP contribution in [-0.4, -0.2) is 68.5 Å². The standard InChI is InChI=1S/C17H25ClN4O3.2ClH/c1-21(2)16(23)10-22-6-4-11(5-7-22)20-17(24)12-8-13(18)14(19)9-15(12)25-3;;/h8-9,11H,4-7,10,19H2,1-3H3,(H,20,24);2*1H. The fraction of sp³-hybridized carbons (Fsp3) is 0.529. The van der Waals surface area contributed by atoms with Crippen LogP contribution in [0.5, 0.6) is 5.75 Å². The zero-order valence-corrected chi connectivity index (χ0v) is 18.0. The number of halogens is 3. The minimum atomic E-state index is -0.235. The van der Waals surface area contributed by atoms with E-state index < -0.39 is 0 Å². The van der Waals surface area contributed by atoms with E-state index in [0.29, 0.717) is 28.6 Å². The third-order valence-electron chi connectivity index (χ3n) is 4.34. The van der Waals surface area contributed by atoms with Crippen molar-refractivity contribution >= 4 is 53.9 Å². The summed E-state index contributed by atoms with van der Waals surface area (Å²) in [6, 6.07) is 3.13. The predicted octanol–water partition coefficient (Wildman–Crippen LogP) is 2.06. The summed E-state index contributed by atoms with van der Waals surface area (Å²) in [5, 5.41) is 3.33. The van der Waals surface area contributed by atoms with E-state index in [4.69, 9.17) is 22.1 Å². The molecule has 2 amide bonds. The first-order chi connectivity index (χ1) is 11.8. The Kier molecular flexibility index (Phi) is 10.8. The van der Waals surface area contributed by atoms with Crippen LogP contribution in [-0.2, 0) is 4.79 Å². The van der Waals surface area contributed by atoms with E-state index in [9.17, 15) is 9.59 Å². The molecule has 1 fully saturated rings. The van der Waals surface area contributed by atoms with Gasteiger partial charge in [-0.1, -0.05) is 11.6 Å². The van der Waals surface area contributed by atoms with E-state index in [1.807, 2.05) is 0 Å². The molecule has 1 heterocycles. The molecule has 7 nitrogen and oxygen atoms in total. The maximum atomic E-state index is 12.5. The number of piperidine rings is 1. The van der Waals surface area contributed by atoms with Crippen molar-refractivity contribution < 1.29 is 14.3 Å². The van der Waals surface area contributed by atoms with Crippen LogP contribution in [0.25, 0.3) is 0 Å². The molecule has 1 aliphatic heterocycles. The van der Waals surface area contributed by atoms with Crippen molar-refractivity contribution in [2.75, 3.05) is 46.6 Å². The number of nitrogens with zero attached hydrogens (tertiary/aromatic N) is 2. The normalized spacial score (nSPS) is 14.5. The summed E-state index contributed by atoms with van der Waals surface area (Å²) >= 11 is 6.02. The Morgan fingerprint density at radius 1 is 1.30 bits per heavy atom. The van der Waals surface area contributed by atoms with Crippen LogP contribution in [0.3, 0.4) is 0 Å². The molecule has 1 saturated heterocycles. The monoisotopic (exact) mass is 440 g/mol. The quantitative estimate of drug-likeness (QED) is 0.683. The van der Waals surface area contributed by atoms with E-state index in [2.05, 4.69) is 10.2 Å². The molecule has 27 heavy (non-hydrogen) atoms. The van der Waals surface area contributed by atoms with Crippen molar-refractivity contribution in [1.29, 1.82) is 0 Å². The first kappa shape index (κ1) is 25.6. The topological polar surface area (TPSA) is 87.9 Å². The molecule has 0 radical (unpaired) electrons. The van der Waals surface area contributed by atoms with Crippen LogP contribution < -0.4 is 15.8 Å². The number of ether oxygens (including phenoxy) is 1. The largest absolute Gasteiger partial charge is 0.496 e. The number of benzene rings is 1. The lowest BCUT2D eigenvalue weighted by Crippen LogP contribution is -2.47. The second kappa shape index (κ2) is 11.4. The number of nitrogens with two attached hydrogens (primary N) is 1. The van der Waals surface area contributed by atoms with Gasteiger partial charge >= 0.3 is 0 Å². The Morgan fingerprint density at radius 2 is 1.89 bits per heavy atom.